The molecule has 0 aliphatic heterocycles. The molecular weight excluding hydrogens is 306 g/mol. The maximum atomic E-state index is 11.9. The number of carbonyl (C=O) groups is 1. The van der Waals surface area contributed by atoms with Crippen LogP contribution in [0.5, 0.6) is 0 Å². The Morgan fingerprint density at radius 2 is 2.18 bits per heavy atom. The molecule has 22 heavy (non-hydrogen) atoms. The number of nitrogens with one attached hydrogen (secondary N) is 1. The van der Waals surface area contributed by atoms with E-state index < -0.39 is 10.8 Å². The van der Waals surface area contributed by atoms with Crippen molar-refractivity contribution in [3.05, 3.63) is 35.9 Å². The van der Waals surface area contributed by atoms with Crippen molar-refractivity contribution in [1.82, 2.24) is 15.5 Å². The first-order valence-corrected chi connectivity index (χ1v) is 8.30. The number of nitrogens with zero attached hydrogens (tertiary/aromatic N) is 2. The Balaban J connectivity index is 1.79. The van der Waals surface area contributed by atoms with Crippen molar-refractivity contribution < 1.29 is 17.9 Å². The average molecular weight is 325 g/mol. The summed E-state index contributed by atoms with van der Waals surface area (Å²) in [5, 5.41) is 6.50. The van der Waals surface area contributed by atoms with Gasteiger partial charge in [-0.3, -0.25) is 9.00 Å². The van der Waals surface area contributed by atoms with E-state index >= 15 is 0 Å². The molecular formula is C14H19N3O4S. The summed E-state index contributed by atoms with van der Waals surface area (Å²) in [5.41, 5.74) is -0.232. The van der Waals surface area contributed by atoms with Crippen molar-refractivity contribution in [3.8, 4) is 0 Å². The molecule has 0 radical (unpaired) electrons. The number of carbonyl (C=O) groups excluding carboxylic acids is 1. The van der Waals surface area contributed by atoms with Gasteiger partial charge in [-0.2, -0.15) is 4.98 Å². The Kier molecular flexibility index (Phi) is 5.12. The lowest BCUT2D eigenvalue weighted by atomic mass is 9.96. The molecule has 1 amide bonds. The summed E-state index contributed by atoms with van der Waals surface area (Å²) >= 11 is 0. The van der Waals surface area contributed by atoms with E-state index in [0.29, 0.717) is 11.6 Å². The molecule has 0 aromatic carbocycles. The van der Waals surface area contributed by atoms with Crippen molar-refractivity contribution in [2.75, 3.05) is 5.75 Å². The second kappa shape index (κ2) is 6.87. The zero-order chi connectivity index (χ0) is 16.2. The number of hydrogen-bond donors (Lipinski definition) is 1. The summed E-state index contributed by atoms with van der Waals surface area (Å²) in [6.45, 7) is 6.15. The number of amides is 1. The molecule has 0 fully saturated rings. The standard InChI is InChI=1S/C14H19N3O4S/c1-14(2,3)13-16-12(21-17-13)9-22(19)8-11(18)15-7-10-5-4-6-20-10/h4-6H,7-9H2,1-3H3,(H,15,18)/t22-/m0/s1. The topological polar surface area (TPSA) is 98.2 Å². The van der Waals surface area contributed by atoms with E-state index in [0.717, 1.165) is 0 Å². The van der Waals surface area contributed by atoms with E-state index in [1.165, 1.54) is 6.26 Å². The lowest BCUT2D eigenvalue weighted by molar-refractivity contribution is -0.118. The van der Waals surface area contributed by atoms with Crippen LogP contribution in [0.1, 0.15) is 38.2 Å². The van der Waals surface area contributed by atoms with Crippen molar-refractivity contribution in [2.45, 2.75) is 38.5 Å². The molecule has 2 aromatic rings. The van der Waals surface area contributed by atoms with Gasteiger partial charge < -0.3 is 14.3 Å². The monoisotopic (exact) mass is 325 g/mol. The van der Waals surface area contributed by atoms with Gasteiger partial charge in [-0.15, -0.1) is 0 Å². The molecule has 120 valence electrons. The molecule has 0 saturated carbocycles. The predicted molar refractivity (Wildman–Crippen MR) is 80.3 cm³/mol. The Morgan fingerprint density at radius 1 is 1.41 bits per heavy atom. The van der Waals surface area contributed by atoms with Crippen LogP contribution >= 0.6 is 0 Å². The van der Waals surface area contributed by atoms with Gasteiger partial charge in [0, 0.05) is 16.2 Å². The van der Waals surface area contributed by atoms with Crippen molar-refractivity contribution in [1.29, 1.82) is 0 Å². The smallest absolute Gasteiger partial charge is 0.239 e. The van der Waals surface area contributed by atoms with Crippen LogP contribution in [-0.4, -0.2) is 26.0 Å². The maximum Gasteiger partial charge on any atom is 0.239 e. The molecule has 2 heterocycles. The van der Waals surface area contributed by atoms with Gasteiger partial charge in [0.1, 0.15) is 17.3 Å². The van der Waals surface area contributed by atoms with E-state index in [1.54, 1.807) is 12.1 Å². The molecule has 8 heteroatoms. The number of aromatic nitrogens is 2. The molecule has 0 spiro atoms. The highest BCUT2D eigenvalue weighted by Crippen LogP contribution is 2.18. The van der Waals surface area contributed by atoms with Gasteiger partial charge in [-0.25, -0.2) is 0 Å². The van der Waals surface area contributed by atoms with Gasteiger partial charge >= 0.3 is 0 Å². The quantitative estimate of drug-likeness (QED) is 0.865. The first-order chi connectivity index (χ1) is 10.3. The zero-order valence-corrected chi connectivity index (χ0v) is 13.6. The first-order valence-electron chi connectivity index (χ1n) is 6.82. The third kappa shape index (κ3) is 4.80. The molecule has 1 atom stereocenters. The van der Waals surface area contributed by atoms with E-state index in [2.05, 4.69) is 15.5 Å². The second-order valence-corrected chi connectivity index (χ2v) is 7.30. The molecule has 2 rings (SSSR count). The lowest BCUT2D eigenvalue weighted by Gasteiger charge is -2.10. The summed E-state index contributed by atoms with van der Waals surface area (Å²) in [6, 6.07) is 3.49. The van der Waals surface area contributed by atoms with Gasteiger partial charge in [0.25, 0.3) is 0 Å². The minimum absolute atomic E-state index is 0.0667. The van der Waals surface area contributed by atoms with Gasteiger partial charge in [-0.1, -0.05) is 25.9 Å². The van der Waals surface area contributed by atoms with Crippen LogP contribution in [0.25, 0.3) is 0 Å². The highest BCUT2D eigenvalue weighted by Gasteiger charge is 2.22. The fourth-order valence-electron chi connectivity index (χ4n) is 1.60. The zero-order valence-electron chi connectivity index (χ0n) is 12.8. The van der Waals surface area contributed by atoms with Crippen molar-refractivity contribution in [2.24, 2.45) is 0 Å². The van der Waals surface area contributed by atoms with Crippen LogP contribution in [0.3, 0.4) is 0 Å². The fraction of sp³-hybridized carbons (Fsp3) is 0.500. The van der Waals surface area contributed by atoms with Gasteiger partial charge in [0.2, 0.25) is 11.8 Å². The molecule has 0 saturated heterocycles. The van der Waals surface area contributed by atoms with Crippen molar-refractivity contribution >= 4 is 16.7 Å². The van der Waals surface area contributed by atoms with Crippen LogP contribution in [0.15, 0.2) is 27.3 Å². The Bertz CT molecular complexity index is 643. The second-order valence-electron chi connectivity index (χ2n) is 5.85. The minimum Gasteiger partial charge on any atom is -0.467 e. The van der Waals surface area contributed by atoms with E-state index in [4.69, 9.17) is 8.94 Å². The summed E-state index contributed by atoms with van der Waals surface area (Å²) in [5.74, 6) is 1.12. The van der Waals surface area contributed by atoms with Crippen LogP contribution < -0.4 is 5.32 Å². The number of furan rings is 1. The number of rotatable bonds is 6. The molecule has 0 aliphatic carbocycles. The number of hydrogen-bond acceptors (Lipinski definition) is 6. The SMILES string of the molecule is CC(C)(C)c1noc(C[S@@](=O)CC(=O)NCc2ccco2)n1. The largest absolute Gasteiger partial charge is 0.467 e. The summed E-state index contributed by atoms with van der Waals surface area (Å²) < 4.78 is 22.1. The van der Waals surface area contributed by atoms with Crippen LogP contribution in [0.2, 0.25) is 0 Å². The highest BCUT2D eigenvalue weighted by molar-refractivity contribution is 7.84. The van der Waals surface area contributed by atoms with Crippen molar-refractivity contribution in [3.63, 3.8) is 0 Å². The maximum absolute atomic E-state index is 11.9. The van der Waals surface area contributed by atoms with E-state index in [1.807, 2.05) is 20.8 Å². The van der Waals surface area contributed by atoms with Crippen LogP contribution in [0, 0.1) is 0 Å². The van der Waals surface area contributed by atoms with Gasteiger partial charge in [0.05, 0.1) is 12.8 Å². The minimum atomic E-state index is -1.40. The Hall–Kier alpha value is -1.96. The predicted octanol–water partition coefficient (Wildman–Crippen LogP) is 1.53. The third-order valence-electron chi connectivity index (χ3n) is 2.76. The van der Waals surface area contributed by atoms with Gasteiger partial charge in [-0.05, 0) is 12.1 Å². The summed E-state index contributed by atoms with van der Waals surface area (Å²) in [7, 11) is -1.40. The normalized spacial score (nSPS) is 13.0. The van der Waals surface area contributed by atoms with E-state index in [9.17, 15) is 9.00 Å². The fourth-order valence-corrected chi connectivity index (χ4v) is 2.49. The van der Waals surface area contributed by atoms with Gasteiger partial charge in [0.15, 0.2) is 5.82 Å². The highest BCUT2D eigenvalue weighted by atomic mass is 32.2. The van der Waals surface area contributed by atoms with Crippen LogP contribution in [-0.2, 0) is 33.3 Å². The summed E-state index contributed by atoms with van der Waals surface area (Å²) in [4.78, 5) is 15.9. The Morgan fingerprint density at radius 3 is 2.77 bits per heavy atom. The molecule has 2 aromatic heterocycles. The first kappa shape index (κ1) is 16.4. The third-order valence-corrected chi connectivity index (χ3v) is 3.91. The Labute approximate surface area is 130 Å². The average Bonchev–Trinajstić information content (AvgIpc) is 3.05. The molecule has 1 N–H and O–H groups in total. The molecule has 0 unspecified atom stereocenters. The van der Waals surface area contributed by atoms with E-state index in [-0.39, 0.29) is 35.3 Å². The lowest BCUT2D eigenvalue weighted by Crippen LogP contribution is -2.28. The molecule has 0 aliphatic rings. The molecule has 0 bridgehead atoms. The van der Waals surface area contributed by atoms with Crippen LogP contribution in [0.4, 0.5) is 0 Å². The summed E-state index contributed by atoms with van der Waals surface area (Å²) in [6.07, 6.45) is 1.53. The molecule has 7 nitrogen and oxygen atoms in total.